The third-order valence-electron chi connectivity index (χ3n) is 2.96. The zero-order valence-corrected chi connectivity index (χ0v) is 9.47. The van der Waals surface area contributed by atoms with Crippen LogP contribution < -0.4 is 11.1 Å². The van der Waals surface area contributed by atoms with E-state index in [1.165, 1.54) is 6.42 Å². The smallest absolute Gasteiger partial charge is 0.225 e. The molecule has 0 spiro atoms. The maximum atomic E-state index is 11.7. The highest BCUT2D eigenvalue weighted by Crippen LogP contribution is 2.25. The number of hydrogen-bond donors (Lipinski definition) is 2. The van der Waals surface area contributed by atoms with Crippen molar-refractivity contribution in [2.24, 2.45) is 17.1 Å². The topological polar surface area (TPSA) is 55.1 Å². The second-order valence-electron chi connectivity index (χ2n) is 5.26. The van der Waals surface area contributed by atoms with E-state index in [-0.39, 0.29) is 11.3 Å². The van der Waals surface area contributed by atoms with Gasteiger partial charge in [-0.2, -0.15) is 0 Å². The van der Waals surface area contributed by atoms with E-state index < -0.39 is 0 Å². The number of hydrogen-bond acceptors (Lipinski definition) is 2. The van der Waals surface area contributed by atoms with Crippen molar-refractivity contribution in [3.63, 3.8) is 0 Å². The van der Waals surface area contributed by atoms with Crippen LogP contribution in [0.25, 0.3) is 0 Å². The van der Waals surface area contributed by atoms with Crippen molar-refractivity contribution in [3.05, 3.63) is 0 Å². The van der Waals surface area contributed by atoms with Gasteiger partial charge in [0.1, 0.15) is 0 Å². The van der Waals surface area contributed by atoms with E-state index in [4.69, 9.17) is 5.73 Å². The van der Waals surface area contributed by atoms with E-state index >= 15 is 0 Å². The van der Waals surface area contributed by atoms with Crippen LogP contribution in [-0.2, 0) is 4.79 Å². The summed E-state index contributed by atoms with van der Waals surface area (Å²) >= 11 is 0. The van der Waals surface area contributed by atoms with E-state index in [1.54, 1.807) is 0 Å². The Balaban J connectivity index is 2.48. The quantitative estimate of drug-likeness (QED) is 0.702. The maximum absolute atomic E-state index is 11.7. The molecule has 1 aliphatic carbocycles. The molecule has 1 saturated carbocycles. The summed E-state index contributed by atoms with van der Waals surface area (Å²) in [6.07, 6.45) is 3.44. The van der Waals surface area contributed by atoms with E-state index in [2.05, 4.69) is 5.32 Å². The molecule has 82 valence electrons. The van der Waals surface area contributed by atoms with Gasteiger partial charge in [0.25, 0.3) is 0 Å². The molecule has 14 heavy (non-hydrogen) atoms. The molecule has 1 amide bonds. The molecular weight excluding hydrogens is 176 g/mol. The standard InChI is InChI=1S/C11H22N2O/c1-11(2,3)10(14)13-9-6-4-5-8(9)7-12/h8-9H,4-7,12H2,1-3H3,(H,13,14). The first kappa shape index (κ1) is 11.5. The third kappa shape index (κ3) is 2.71. The molecule has 2 unspecified atom stereocenters. The van der Waals surface area contributed by atoms with Crippen LogP contribution in [0.3, 0.4) is 0 Å². The van der Waals surface area contributed by atoms with Crippen molar-refractivity contribution in [1.82, 2.24) is 5.32 Å². The van der Waals surface area contributed by atoms with E-state index in [0.29, 0.717) is 18.5 Å². The molecule has 0 aromatic rings. The van der Waals surface area contributed by atoms with E-state index in [9.17, 15) is 4.79 Å². The third-order valence-corrected chi connectivity index (χ3v) is 2.96. The SMILES string of the molecule is CC(C)(C)C(=O)NC1CCCC1CN. The van der Waals surface area contributed by atoms with Crippen molar-refractivity contribution >= 4 is 5.91 Å². The fraction of sp³-hybridized carbons (Fsp3) is 0.909. The number of nitrogens with two attached hydrogens (primary N) is 1. The normalized spacial score (nSPS) is 27.7. The van der Waals surface area contributed by atoms with Gasteiger partial charge in [-0.15, -0.1) is 0 Å². The monoisotopic (exact) mass is 198 g/mol. The molecule has 0 aromatic heterocycles. The zero-order valence-electron chi connectivity index (χ0n) is 9.47. The number of nitrogens with one attached hydrogen (secondary N) is 1. The van der Waals surface area contributed by atoms with Gasteiger partial charge in [0, 0.05) is 11.5 Å². The van der Waals surface area contributed by atoms with E-state index in [0.717, 1.165) is 12.8 Å². The van der Waals surface area contributed by atoms with Crippen molar-refractivity contribution in [2.75, 3.05) is 6.54 Å². The molecule has 2 atom stereocenters. The Morgan fingerprint density at radius 1 is 1.43 bits per heavy atom. The van der Waals surface area contributed by atoms with Gasteiger partial charge in [0.2, 0.25) is 5.91 Å². The lowest BCUT2D eigenvalue weighted by Crippen LogP contribution is -2.44. The van der Waals surface area contributed by atoms with Crippen molar-refractivity contribution < 1.29 is 4.79 Å². The molecule has 3 nitrogen and oxygen atoms in total. The summed E-state index contributed by atoms with van der Waals surface area (Å²) < 4.78 is 0. The average molecular weight is 198 g/mol. The van der Waals surface area contributed by atoms with Gasteiger partial charge in [0.05, 0.1) is 0 Å². The number of rotatable bonds is 2. The Labute approximate surface area is 86.4 Å². The summed E-state index contributed by atoms with van der Waals surface area (Å²) in [6.45, 7) is 6.51. The van der Waals surface area contributed by atoms with Gasteiger partial charge < -0.3 is 11.1 Å². The Morgan fingerprint density at radius 3 is 2.57 bits per heavy atom. The molecular formula is C11H22N2O. The maximum Gasteiger partial charge on any atom is 0.225 e. The van der Waals surface area contributed by atoms with Crippen molar-refractivity contribution in [1.29, 1.82) is 0 Å². The van der Waals surface area contributed by atoms with Gasteiger partial charge >= 0.3 is 0 Å². The van der Waals surface area contributed by atoms with Crippen LogP contribution in [0.5, 0.6) is 0 Å². The van der Waals surface area contributed by atoms with Gasteiger partial charge in [-0.1, -0.05) is 27.2 Å². The second-order valence-corrected chi connectivity index (χ2v) is 5.26. The van der Waals surface area contributed by atoms with Crippen LogP contribution >= 0.6 is 0 Å². The minimum Gasteiger partial charge on any atom is -0.353 e. The molecule has 0 radical (unpaired) electrons. The molecule has 3 heteroatoms. The lowest BCUT2D eigenvalue weighted by Gasteiger charge is -2.25. The van der Waals surface area contributed by atoms with Crippen LogP contribution in [0.15, 0.2) is 0 Å². The summed E-state index contributed by atoms with van der Waals surface area (Å²) in [7, 11) is 0. The summed E-state index contributed by atoms with van der Waals surface area (Å²) in [5.41, 5.74) is 5.37. The zero-order chi connectivity index (χ0) is 10.8. The number of carbonyl (C=O) groups excluding carboxylic acids is 1. The first-order valence-electron chi connectivity index (χ1n) is 5.46. The molecule has 0 bridgehead atoms. The largest absolute Gasteiger partial charge is 0.353 e. The highest BCUT2D eigenvalue weighted by atomic mass is 16.2. The summed E-state index contributed by atoms with van der Waals surface area (Å²) in [5, 5.41) is 3.10. The molecule has 0 heterocycles. The molecule has 1 fully saturated rings. The number of carbonyl (C=O) groups is 1. The van der Waals surface area contributed by atoms with Crippen LogP contribution in [0.4, 0.5) is 0 Å². The van der Waals surface area contributed by atoms with Crippen LogP contribution in [0, 0.1) is 11.3 Å². The van der Waals surface area contributed by atoms with Crippen LogP contribution in [0.2, 0.25) is 0 Å². The summed E-state index contributed by atoms with van der Waals surface area (Å²) in [4.78, 5) is 11.7. The Kier molecular flexibility index (Phi) is 3.53. The van der Waals surface area contributed by atoms with Gasteiger partial charge in [-0.05, 0) is 25.3 Å². The van der Waals surface area contributed by atoms with E-state index in [1.807, 2.05) is 20.8 Å². The fourth-order valence-corrected chi connectivity index (χ4v) is 1.89. The Morgan fingerprint density at radius 2 is 2.07 bits per heavy atom. The Hall–Kier alpha value is -0.570. The lowest BCUT2D eigenvalue weighted by molar-refractivity contribution is -0.129. The predicted octanol–water partition coefficient (Wildman–Crippen LogP) is 1.28. The summed E-state index contributed by atoms with van der Waals surface area (Å²) in [5.74, 6) is 0.629. The van der Waals surface area contributed by atoms with Crippen molar-refractivity contribution in [2.45, 2.75) is 46.1 Å². The van der Waals surface area contributed by atoms with Crippen molar-refractivity contribution in [3.8, 4) is 0 Å². The fourth-order valence-electron chi connectivity index (χ4n) is 1.89. The lowest BCUT2D eigenvalue weighted by atomic mass is 9.94. The van der Waals surface area contributed by atoms with Crippen LogP contribution in [0.1, 0.15) is 40.0 Å². The number of amides is 1. The molecule has 0 aliphatic heterocycles. The van der Waals surface area contributed by atoms with Gasteiger partial charge in [0.15, 0.2) is 0 Å². The molecule has 1 rings (SSSR count). The minimum atomic E-state index is -0.290. The predicted molar refractivity (Wildman–Crippen MR) is 57.8 cm³/mol. The van der Waals surface area contributed by atoms with Gasteiger partial charge in [-0.3, -0.25) is 4.79 Å². The minimum absolute atomic E-state index is 0.142. The first-order chi connectivity index (χ1) is 6.45. The molecule has 0 aromatic carbocycles. The first-order valence-corrected chi connectivity index (χ1v) is 5.46. The molecule has 0 saturated heterocycles. The second kappa shape index (κ2) is 4.30. The highest BCUT2D eigenvalue weighted by molar-refractivity contribution is 5.81. The molecule has 3 N–H and O–H groups in total. The Bertz CT molecular complexity index is 208. The average Bonchev–Trinajstić information content (AvgIpc) is 2.50. The highest BCUT2D eigenvalue weighted by Gasteiger charge is 2.30. The van der Waals surface area contributed by atoms with Crippen LogP contribution in [-0.4, -0.2) is 18.5 Å². The molecule has 1 aliphatic rings. The van der Waals surface area contributed by atoms with Gasteiger partial charge in [-0.25, -0.2) is 0 Å². The summed E-state index contributed by atoms with van der Waals surface area (Å²) in [6, 6.07) is 0.312.